The molecule has 0 saturated heterocycles. The molecule has 0 radical (unpaired) electrons. The number of aromatic amines is 1. The lowest BCUT2D eigenvalue weighted by Gasteiger charge is -2.34. The van der Waals surface area contributed by atoms with Gasteiger partial charge in [-0.2, -0.15) is 0 Å². The summed E-state index contributed by atoms with van der Waals surface area (Å²) in [7, 11) is 0. The minimum atomic E-state index is -0.360. The zero-order valence-corrected chi connectivity index (χ0v) is 18.6. The van der Waals surface area contributed by atoms with Crippen LogP contribution in [0.2, 0.25) is 0 Å². The highest BCUT2D eigenvalue weighted by atomic mass is 16.5. The number of nitrogens with one attached hydrogen (secondary N) is 1. The molecule has 29 heavy (non-hydrogen) atoms. The van der Waals surface area contributed by atoms with Crippen LogP contribution in [0.15, 0.2) is 47.8 Å². The molecule has 158 valence electrons. The lowest BCUT2D eigenvalue weighted by atomic mass is 9.69. The highest BCUT2D eigenvalue weighted by molar-refractivity contribution is 5.83. The van der Waals surface area contributed by atoms with Gasteiger partial charge >= 0.3 is 5.97 Å². The molecule has 1 aliphatic rings. The number of esters is 1. The molecule has 4 nitrogen and oxygen atoms in total. The number of rotatable bonds is 7. The molecule has 1 aromatic rings. The van der Waals surface area contributed by atoms with Crippen LogP contribution in [0.25, 0.3) is 5.57 Å². The van der Waals surface area contributed by atoms with Gasteiger partial charge in [0.15, 0.2) is 0 Å². The average molecular weight is 398 g/mol. The molecule has 2 N–H and O–H groups in total. The third-order valence-corrected chi connectivity index (χ3v) is 5.50. The van der Waals surface area contributed by atoms with E-state index in [9.17, 15) is 9.90 Å². The second-order valence-electron chi connectivity index (χ2n) is 8.81. The Morgan fingerprint density at radius 2 is 2.03 bits per heavy atom. The molecular formula is C25H35NO3. The van der Waals surface area contributed by atoms with E-state index in [0.29, 0.717) is 0 Å². The van der Waals surface area contributed by atoms with Gasteiger partial charge in [0, 0.05) is 23.4 Å². The van der Waals surface area contributed by atoms with Crippen molar-refractivity contribution in [2.24, 2.45) is 5.41 Å². The number of fused-ring (bicyclic) bond motifs is 1. The molecule has 1 aromatic heterocycles. The smallest absolute Gasteiger partial charge is 0.335 e. The van der Waals surface area contributed by atoms with Gasteiger partial charge < -0.3 is 14.8 Å². The summed E-state index contributed by atoms with van der Waals surface area (Å²) in [5.41, 5.74) is 6.28. The van der Waals surface area contributed by atoms with Gasteiger partial charge in [-0.25, -0.2) is 4.79 Å². The number of ether oxygens (including phenoxy) is 1. The number of aryl methyl sites for hydroxylation is 1. The summed E-state index contributed by atoms with van der Waals surface area (Å²) in [6.45, 7) is 12.3. The van der Waals surface area contributed by atoms with Crippen molar-refractivity contribution in [3.05, 3.63) is 64.7 Å². The number of hydrogen-bond donors (Lipinski definition) is 2. The molecule has 4 heteroatoms. The van der Waals surface area contributed by atoms with Gasteiger partial charge in [0.05, 0.1) is 12.9 Å². The quantitative estimate of drug-likeness (QED) is 0.258. The predicted molar refractivity (Wildman–Crippen MR) is 119 cm³/mol. The molecule has 0 fully saturated rings. The first kappa shape index (κ1) is 23.0. The van der Waals surface area contributed by atoms with E-state index in [1.165, 1.54) is 17.9 Å². The first-order valence-electron chi connectivity index (χ1n) is 10.3. The molecule has 2 rings (SSSR count). The van der Waals surface area contributed by atoms with Gasteiger partial charge in [0.2, 0.25) is 0 Å². The fourth-order valence-corrected chi connectivity index (χ4v) is 3.96. The molecule has 1 heterocycles. The molecule has 0 aliphatic heterocycles. The maximum atomic E-state index is 11.9. The minimum absolute atomic E-state index is 0.00297. The van der Waals surface area contributed by atoms with Gasteiger partial charge in [-0.15, -0.1) is 0 Å². The SMILES string of the molecule is CC(C)=CCC[C@@]1(C)CC=C(CO)c2[nH]c(C)cc2[C@@H]1/C=C/OC(=O)C=C(C)C. The van der Waals surface area contributed by atoms with E-state index in [0.717, 1.165) is 47.4 Å². The van der Waals surface area contributed by atoms with Crippen LogP contribution in [0.5, 0.6) is 0 Å². The average Bonchev–Trinajstić information content (AvgIpc) is 2.95. The Bertz CT molecular complexity index is 845. The van der Waals surface area contributed by atoms with Crippen molar-refractivity contribution in [2.75, 3.05) is 6.61 Å². The van der Waals surface area contributed by atoms with E-state index in [1.54, 1.807) is 0 Å². The topological polar surface area (TPSA) is 62.3 Å². The molecular weight excluding hydrogens is 362 g/mol. The van der Waals surface area contributed by atoms with Gasteiger partial charge in [0.1, 0.15) is 0 Å². The summed E-state index contributed by atoms with van der Waals surface area (Å²) >= 11 is 0. The van der Waals surface area contributed by atoms with Crippen LogP contribution in [0, 0.1) is 12.3 Å². The van der Waals surface area contributed by atoms with E-state index in [-0.39, 0.29) is 23.9 Å². The van der Waals surface area contributed by atoms with Crippen LogP contribution in [0.3, 0.4) is 0 Å². The Morgan fingerprint density at radius 3 is 2.66 bits per heavy atom. The predicted octanol–water partition coefficient (Wildman–Crippen LogP) is 5.96. The summed E-state index contributed by atoms with van der Waals surface area (Å²) in [5, 5.41) is 9.92. The minimum Gasteiger partial charge on any atom is -0.432 e. The first-order chi connectivity index (χ1) is 13.7. The molecule has 0 spiro atoms. The second kappa shape index (κ2) is 9.93. The molecule has 2 atom stereocenters. The number of aromatic nitrogens is 1. The van der Waals surface area contributed by atoms with Gasteiger partial charge in [-0.3, -0.25) is 0 Å². The number of H-pyrrole nitrogens is 1. The fraction of sp³-hybridized carbons (Fsp3) is 0.480. The van der Waals surface area contributed by atoms with Crippen molar-refractivity contribution in [3.63, 3.8) is 0 Å². The number of carbonyl (C=O) groups is 1. The van der Waals surface area contributed by atoms with E-state index in [1.807, 2.05) is 26.8 Å². The number of aliphatic hydroxyl groups excluding tert-OH is 1. The Hall–Kier alpha value is -2.33. The Kier molecular flexibility index (Phi) is 7.86. The standard InChI is InChI=1S/C25H35NO3/c1-17(2)8-7-11-25(6)12-9-20(16-27)24-21(15-19(5)26-24)22(25)10-13-29-23(28)14-18(3)4/h8-10,13-15,22,26-27H,7,11-12,16H2,1-6H3/b13-10+/t22-,25-/m0/s1. The summed E-state index contributed by atoms with van der Waals surface area (Å²) in [4.78, 5) is 15.3. The number of aliphatic hydroxyl groups is 1. The molecule has 0 unspecified atom stereocenters. The first-order valence-corrected chi connectivity index (χ1v) is 10.3. The summed E-state index contributed by atoms with van der Waals surface area (Å²) in [5.74, 6) is -0.298. The number of allylic oxidation sites excluding steroid dienone is 5. The van der Waals surface area contributed by atoms with Crippen LogP contribution in [0.4, 0.5) is 0 Å². The molecule has 0 saturated carbocycles. The summed E-state index contributed by atoms with van der Waals surface area (Å²) in [6, 6.07) is 2.15. The van der Waals surface area contributed by atoms with Crippen molar-refractivity contribution in [2.45, 2.75) is 66.7 Å². The van der Waals surface area contributed by atoms with Crippen LogP contribution >= 0.6 is 0 Å². The van der Waals surface area contributed by atoms with Gasteiger partial charge in [0.25, 0.3) is 0 Å². The second-order valence-corrected chi connectivity index (χ2v) is 8.81. The van der Waals surface area contributed by atoms with E-state index in [4.69, 9.17) is 4.74 Å². The molecule has 1 aliphatic carbocycles. The van der Waals surface area contributed by atoms with E-state index < -0.39 is 0 Å². The third kappa shape index (κ3) is 6.07. The highest BCUT2D eigenvalue weighted by Crippen LogP contribution is 2.49. The zero-order valence-electron chi connectivity index (χ0n) is 18.6. The van der Waals surface area contributed by atoms with E-state index >= 15 is 0 Å². The summed E-state index contributed by atoms with van der Waals surface area (Å²) in [6.07, 6.45) is 12.3. The maximum absolute atomic E-state index is 11.9. The highest BCUT2D eigenvalue weighted by Gasteiger charge is 2.37. The van der Waals surface area contributed by atoms with Crippen molar-refractivity contribution < 1.29 is 14.6 Å². The zero-order chi connectivity index (χ0) is 21.6. The van der Waals surface area contributed by atoms with E-state index in [2.05, 4.69) is 44.0 Å². The molecule has 0 bridgehead atoms. The van der Waals surface area contributed by atoms with Crippen molar-refractivity contribution >= 4 is 11.5 Å². The Balaban J connectivity index is 2.42. The number of hydrogen-bond acceptors (Lipinski definition) is 3. The van der Waals surface area contributed by atoms with Crippen LogP contribution in [-0.4, -0.2) is 22.7 Å². The fourth-order valence-electron chi connectivity index (χ4n) is 3.96. The Labute approximate surface area is 175 Å². The van der Waals surface area contributed by atoms with Gasteiger partial charge in [-0.05, 0) is 82.6 Å². The molecule has 0 aromatic carbocycles. The monoisotopic (exact) mass is 397 g/mol. The largest absolute Gasteiger partial charge is 0.432 e. The summed E-state index contributed by atoms with van der Waals surface area (Å²) < 4.78 is 5.32. The third-order valence-electron chi connectivity index (χ3n) is 5.50. The molecule has 0 amide bonds. The van der Waals surface area contributed by atoms with Crippen molar-refractivity contribution in [1.82, 2.24) is 4.98 Å². The lowest BCUT2D eigenvalue weighted by Crippen LogP contribution is -2.23. The maximum Gasteiger partial charge on any atom is 0.335 e. The van der Waals surface area contributed by atoms with Crippen molar-refractivity contribution in [3.8, 4) is 0 Å². The Morgan fingerprint density at radius 1 is 1.31 bits per heavy atom. The van der Waals surface area contributed by atoms with Crippen LogP contribution in [-0.2, 0) is 9.53 Å². The van der Waals surface area contributed by atoms with Crippen LogP contribution < -0.4 is 0 Å². The normalized spacial score (nSPS) is 21.2. The van der Waals surface area contributed by atoms with Crippen LogP contribution in [0.1, 0.15) is 76.8 Å². The number of carbonyl (C=O) groups excluding carboxylic acids is 1. The van der Waals surface area contributed by atoms with Gasteiger partial charge in [-0.1, -0.05) is 30.2 Å². The van der Waals surface area contributed by atoms with Crippen molar-refractivity contribution in [1.29, 1.82) is 0 Å². The lowest BCUT2D eigenvalue weighted by molar-refractivity contribution is -0.132.